The first-order valence-corrected chi connectivity index (χ1v) is 8.43. The predicted octanol–water partition coefficient (Wildman–Crippen LogP) is 3.49. The van der Waals surface area contributed by atoms with Crippen LogP contribution in [0.2, 0.25) is 0 Å². The molecular weight excluding hydrogens is 330 g/mol. The van der Waals surface area contributed by atoms with Crippen molar-refractivity contribution in [1.29, 1.82) is 0 Å². The van der Waals surface area contributed by atoms with Crippen LogP contribution in [0.25, 0.3) is 16.7 Å². The van der Waals surface area contributed by atoms with Crippen molar-refractivity contribution in [2.75, 3.05) is 6.61 Å². The lowest BCUT2D eigenvalue weighted by Gasteiger charge is -2.10. The average molecular weight is 351 g/mol. The molecule has 1 N–H and O–H groups in total. The molecule has 3 rings (SSSR count). The maximum absolute atomic E-state index is 11.4. The van der Waals surface area contributed by atoms with E-state index in [1.54, 1.807) is 6.92 Å². The number of aryl methyl sites for hydroxylation is 2. The number of aromatic nitrogens is 3. The summed E-state index contributed by atoms with van der Waals surface area (Å²) in [5.74, 6) is -0.220. The molecule has 0 fully saturated rings. The van der Waals surface area contributed by atoms with Gasteiger partial charge in [-0.2, -0.15) is 0 Å². The number of rotatable bonds is 6. The summed E-state index contributed by atoms with van der Waals surface area (Å²) < 4.78 is 5.12. The monoisotopic (exact) mass is 351 g/mol. The van der Waals surface area contributed by atoms with Crippen molar-refractivity contribution in [3.8, 4) is 11.4 Å². The molecule has 0 aliphatic rings. The third-order valence-electron chi connectivity index (χ3n) is 4.03. The molecule has 0 bridgehead atoms. The van der Waals surface area contributed by atoms with Crippen LogP contribution in [0.5, 0.6) is 5.75 Å². The van der Waals surface area contributed by atoms with E-state index in [9.17, 15) is 9.90 Å². The van der Waals surface area contributed by atoms with Crippen LogP contribution in [0, 0.1) is 6.92 Å². The first kappa shape index (κ1) is 17.7. The van der Waals surface area contributed by atoms with E-state index in [2.05, 4.69) is 16.8 Å². The van der Waals surface area contributed by atoms with Crippen molar-refractivity contribution in [3.05, 3.63) is 59.7 Å². The quantitative estimate of drug-likeness (QED) is 0.418. The number of hydrogen-bond donors (Lipinski definition) is 1. The summed E-state index contributed by atoms with van der Waals surface area (Å²) in [7, 11) is 0. The molecule has 6 nitrogen and oxygen atoms in total. The van der Waals surface area contributed by atoms with Gasteiger partial charge in [0, 0.05) is 5.57 Å². The highest BCUT2D eigenvalue weighted by atomic mass is 16.5. The zero-order valence-corrected chi connectivity index (χ0v) is 14.9. The minimum Gasteiger partial charge on any atom is -0.505 e. The Bertz CT molecular complexity index is 943. The molecular formula is C20H21N3O3. The number of phenolic OH excluding ortho intramolecular Hbond substituents is 1. The normalized spacial score (nSPS) is 10.8. The number of carbonyl (C=O) groups excluding carboxylic acids is 1. The summed E-state index contributed by atoms with van der Waals surface area (Å²) >= 11 is 0. The molecule has 6 heteroatoms. The second-order valence-corrected chi connectivity index (χ2v) is 6.28. The number of esters is 1. The Hall–Kier alpha value is -3.15. The SMILES string of the molecule is C=C(C)C(=O)OCCCc1cc(C)c(O)c(-n2nc3ccccc3n2)c1. The highest BCUT2D eigenvalue weighted by Crippen LogP contribution is 2.28. The summed E-state index contributed by atoms with van der Waals surface area (Å²) in [6, 6.07) is 11.3. The van der Waals surface area contributed by atoms with Crippen molar-refractivity contribution in [3.63, 3.8) is 0 Å². The van der Waals surface area contributed by atoms with Crippen LogP contribution in [0.1, 0.15) is 24.5 Å². The first-order chi connectivity index (χ1) is 12.5. The Morgan fingerprint density at radius 1 is 1.23 bits per heavy atom. The zero-order chi connectivity index (χ0) is 18.7. The molecule has 0 spiro atoms. The number of phenols is 1. The lowest BCUT2D eigenvalue weighted by atomic mass is 10.0. The van der Waals surface area contributed by atoms with Crippen LogP contribution < -0.4 is 0 Å². The smallest absolute Gasteiger partial charge is 0.333 e. The number of carbonyl (C=O) groups is 1. The molecule has 134 valence electrons. The summed E-state index contributed by atoms with van der Waals surface area (Å²) in [4.78, 5) is 12.9. The van der Waals surface area contributed by atoms with Gasteiger partial charge in [0.1, 0.15) is 22.5 Å². The van der Waals surface area contributed by atoms with Crippen LogP contribution in [0.3, 0.4) is 0 Å². The van der Waals surface area contributed by atoms with Gasteiger partial charge in [0.2, 0.25) is 0 Å². The molecule has 0 saturated heterocycles. The molecule has 1 aromatic heterocycles. The van der Waals surface area contributed by atoms with Gasteiger partial charge in [0.25, 0.3) is 0 Å². The fourth-order valence-electron chi connectivity index (χ4n) is 2.66. The van der Waals surface area contributed by atoms with Crippen LogP contribution in [0.4, 0.5) is 0 Å². The van der Waals surface area contributed by atoms with Gasteiger partial charge >= 0.3 is 5.97 Å². The van der Waals surface area contributed by atoms with E-state index in [0.29, 0.717) is 30.7 Å². The van der Waals surface area contributed by atoms with Crippen LogP contribution in [-0.2, 0) is 16.0 Å². The van der Waals surface area contributed by atoms with Crippen molar-refractivity contribution in [2.24, 2.45) is 0 Å². The number of ether oxygens (including phenoxy) is 1. The molecule has 0 radical (unpaired) electrons. The average Bonchev–Trinajstić information content (AvgIpc) is 3.05. The minimum atomic E-state index is -0.375. The fraction of sp³-hybridized carbons (Fsp3) is 0.250. The Morgan fingerprint density at radius 2 is 1.88 bits per heavy atom. The van der Waals surface area contributed by atoms with Crippen LogP contribution in [-0.4, -0.2) is 32.7 Å². The predicted molar refractivity (Wildman–Crippen MR) is 99.4 cm³/mol. The van der Waals surface area contributed by atoms with E-state index in [1.165, 1.54) is 4.80 Å². The molecule has 0 aliphatic heterocycles. The lowest BCUT2D eigenvalue weighted by Crippen LogP contribution is -2.07. The summed E-state index contributed by atoms with van der Waals surface area (Å²) in [6.07, 6.45) is 1.38. The minimum absolute atomic E-state index is 0.155. The van der Waals surface area contributed by atoms with Crippen molar-refractivity contribution in [2.45, 2.75) is 26.7 Å². The Morgan fingerprint density at radius 3 is 2.50 bits per heavy atom. The van der Waals surface area contributed by atoms with Gasteiger partial charge in [-0.05, 0) is 56.0 Å². The van der Waals surface area contributed by atoms with Gasteiger partial charge in [-0.25, -0.2) is 4.79 Å². The highest BCUT2D eigenvalue weighted by molar-refractivity contribution is 5.86. The van der Waals surface area contributed by atoms with Gasteiger partial charge in [-0.1, -0.05) is 24.8 Å². The van der Waals surface area contributed by atoms with Gasteiger partial charge in [-0.15, -0.1) is 15.0 Å². The van der Waals surface area contributed by atoms with E-state index in [1.807, 2.05) is 43.3 Å². The zero-order valence-electron chi connectivity index (χ0n) is 14.9. The number of benzene rings is 2. The number of nitrogens with zero attached hydrogens (tertiary/aromatic N) is 3. The second kappa shape index (κ2) is 7.39. The van der Waals surface area contributed by atoms with Gasteiger partial charge in [0.15, 0.2) is 0 Å². The summed E-state index contributed by atoms with van der Waals surface area (Å²) in [5, 5.41) is 19.3. The van der Waals surface area contributed by atoms with Gasteiger partial charge < -0.3 is 9.84 Å². The van der Waals surface area contributed by atoms with Crippen molar-refractivity contribution < 1.29 is 14.6 Å². The lowest BCUT2D eigenvalue weighted by molar-refractivity contribution is -0.139. The second-order valence-electron chi connectivity index (χ2n) is 6.28. The third kappa shape index (κ3) is 3.74. The van der Waals surface area contributed by atoms with Gasteiger partial charge in [0.05, 0.1) is 6.61 Å². The summed E-state index contributed by atoms with van der Waals surface area (Å²) in [6.45, 7) is 7.35. The van der Waals surface area contributed by atoms with Gasteiger partial charge in [-0.3, -0.25) is 0 Å². The van der Waals surface area contributed by atoms with Crippen LogP contribution in [0.15, 0.2) is 48.6 Å². The molecule has 0 amide bonds. The topological polar surface area (TPSA) is 77.2 Å². The van der Waals surface area contributed by atoms with Crippen LogP contribution >= 0.6 is 0 Å². The Kier molecular flexibility index (Phi) is 5.02. The van der Waals surface area contributed by atoms with E-state index in [4.69, 9.17) is 4.74 Å². The molecule has 3 aromatic rings. The highest BCUT2D eigenvalue weighted by Gasteiger charge is 2.13. The third-order valence-corrected chi connectivity index (χ3v) is 4.03. The molecule has 2 aromatic carbocycles. The number of hydrogen-bond acceptors (Lipinski definition) is 5. The van der Waals surface area contributed by atoms with E-state index in [-0.39, 0.29) is 11.7 Å². The maximum atomic E-state index is 11.4. The molecule has 0 aliphatic carbocycles. The van der Waals surface area contributed by atoms with E-state index in [0.717, 1.165) is 22.2 Å². The molecule has 0 unspecified atom stereocenters. The van der Waals surface area contributed by atoms with Crippen molar-refractivity contribution >= 4 is 17.0 Å². The Labute approximate surface area is 151 Å². The molecule has 0 atom stereocenters. The molecule has 0 saturated carbocycles. The largest absolute Gasteiger partial charge is 0.505 e. The first-order valence-electron chi connectivity index (χ1n) is 8.43. The summed E-state index contributed by atoms with van der Waals surface area (Å²) in [5.41, 5.74) is 4.23. The molecule has 26 heavy (non-hydrogen) atoms. The number of fused-ring (bicyclic) bond motifs is 1. The van der Waals surface area contributed by atoms with E-state index < -0.39 is 0 Å². The van der Waals surface area contributed by atoms with E-state index >= 15 is 0 Å². The molecule has 1 heterocycles. The number of aromatic hydroxyl groups is 1. The van der Waals surface area contributed by atoms with Crippen molar-refractivity contribution in [1.82, 2.24) is 15.0 Å². The standard InChI is InChI=1S/C20H21N3O3/c1-13(2)20(25)26-10-6-7-15-11-14(3)19(24)18(12-15)23-21-16-8-4-5-9-17(16)22-23/h4-5,8-9,11-12,24H,1,6-7,10H2,2-3H3. The fourth-order valence-corrected chi connectivity index (χ4v) is 2.66. The Balaban J connectivity index is 1.79. The maximum Gasteiger partial charge on any atom is 0.333 e.